The number of amides is 1. The van der Waals surface area contributed by atoms with Gasteiger partial charge in [0.05, 0.1) is 17.6 Å². The first-order valence-electron chi connectivity index (χ1n) is 12.6. The van der Waals surface area contributed by atoms with Crippen molar-refractivity contribution in [3.63, 3.8) is 0 Å². The normalized spacial score (nSPS) is 11.8. The molecular weight excluding hydrogens is 618 g/mol. The molecule has 0 spiro atoms. The Morgan fingerprint density at radius 2 is 2.00 bits per heavy atom. The van der Waals surface area contributed by atoms with E-state index in [9.17, 15) is 4.79 Å². The number of pyridine rings is 1. The van der Waals surface area contributed by atoms with Crippen molar-refractivity contribution >= 4 is 64.1 Å². The Hall–Kier alpha value is -2.46. The molecule has 0 atom stereocenters. The molecule has 0 bridgehead atoms. The van der Waals surface area contributed by atoms with Crippen LogP contribution in [0.5, 0.6) is 0 Å². The second-order valence-electron chi connectivity index (χ2n) is 10.1. The van der Waals surface area contributed by atoms with Crippen LogP contribution in [0.15, 0.2) is 36.5 Å². The van der Waals surface area contributed by atoms with Gasteiger partial charge in [-0.15, -0.1) is 24.0 Å². The predicted molar refractivity (Wildman–Crippen MR) is 164 cm³/mol. The topological polar surface area (TPSA) is 80.0 Å². The third kappa shape index (κ3) is 7.56. The summed E-state index contributed by atoms with van der Waals surface area (Å²) in [5, 5.41) is 10.7. The number of carbonyl (C=O) groups excluding carboxylic acids is 1. The molecule has 3 rings (SSSR count). The Morgan fingerprint density at radius 3 is 2.61 bits per heavy atom. The molecule has 0 fully saturated rings. The standard InChI is InChI=1S/C29H36ClFN4O2.HI/c1-7-9-10-12-19(8-2)25-18(3)35(24-13-11-14-33-26(24)25)17-21-22(30)15-20(16-23(21)31)27(32)34-28(36)37-29(4,5)6;/h8,11,13-16H,7,9-10,12,17H2,1-6H3,(H2,32,34,36);1H. The van der Waals surface area contributed by atoms with E-state index in [1.165, 1.54) is 17.7 Å². The van der Waals surface area contributed by atoms with Crippen LogP contribution in [-0.4, -0.2) is 27.1 Å². The van der Waals surface area contributed by atoms with E-state index in [4.69, 9.17) is 21.7 Å². The van der Waals surface area contributed by atoms with Gasteiger partial charge in [-0.25, -0.2) is 9.18 Å². The van der Waals surface area contributed by atoms with Crippen molar-refractivity contribution in [1.82, 2.24) is 14.9 Å². The third-order valence-corrected chi connectivity index (χ3v) is 6.51. The van der Waals surface area contributed by atoms with Gasteiger partial charge in [0, 0.05) is 33.6 Å². The molecule has 0 saturated carbocycles. The highest BCUT2D eigenvalue weighted by molar-refractivity contribution is 14.0. The summed E-state index contributed by atoms with van der Waals surface area (Å²) in [6.45, 7) is 11.6. The molecule has 0 aliphatic carbocycles. The lowest BCUT2D eigenvalue weighted by atomic mass is 9.98. The van der Waals surface area contributed by atoms with Crippen LogP contribution in [-0.2, 0) is 11.3 Å². The van der Waals surface area contributed by atoms with E-state index >= 15 is 4.39 Å². The lowest BCUT2D eigenvalue weighted by Crippen LogP contribution is -2.36. The van der Waals surface area contributed by atoms with Crippen LogP contribution < -0.4 is 5.32 Å². The molecule has 0 unspecified atom stereocenters. The van der Waals surface area contributed by atoms with Crippen LogP contribution in [0.1, 0.15) is 82.7 Å². The molecule has 2 N–H and O–H groups in total. The molecule has 0 saturated heterocycles. The van der Waals surface area contributed by atoms with E-state index in [0.717, 1.165) is 48.0 Å². The number of hydrogen-bond acceptors (Lipinski definition) is 4. The zero-order valence-corrected chi connectivity index (χ0v) is 26.0. The number of benzene rings is 1. The number of fused-ring (bicyclic) bond motifs is 1. The van der Waals surface area contributed by atoms with Gasteiger partial charge >= 0.3 is 6.09 Å². The summed E-state index contributed by atoms with van der Waals surface area (Å²) < 4.78 is 22.6. The minimum Gasteiger partial charge on any atom is -0.444 e. The van der Waals surface area contributed by atoms with Crippen LogP contribution in [0.4, 0.5) is 9.18 Å². The van der Waals surface area contributed by atoms with Crippen LogP contribution >= 0.6 is 35.6 Å². The fourth-order valence-corrected chi connectivity index (χ4v) is 4.66. The average molecular weight is 655 g/mol. The zero-order valence-electron chi connectivity index (χ0n) is 22.9. The zero-order chi connectivity index (χ0) is 27.3. The van der Waals surface area contributed by atoms with Gasteiger partial charge in [-0.3, -0.25) is 15.7 Å². The number of nitrogens with zero attached hydrogens (tertiary/aromatic N) is 2. The van der Waals surface area contributed by atoms with Crippen molar-refractivity contribution in [2.75, 3.05) is 0 Å². The summed E-state index contributed by atoms with van der Waals surface area (Å²) in [7, 11) is 0. The first-order chi connectivity index (χ1) is 17.5. The number of carbonyl (C=O) groups is 1. The van der Waals surface area contributed by atoms with Crippen LogP contribution in [0.2, 0.25) is 5.02 Å². The summed E-state index contributed by atoms with van der Waals surface area (Å²) in [4.78, 5) is 16.7. The van der Waals surface area contributed by atoms with Gasteiger partial charge in [0.25, 0.3) is 0 Å². The molecule has 0 aliphatic heterocycles. The van der Waals surface area contributed by atoms with E-state index in [2.05, 4.69) is 23.3 Å². The average Bonchev–Trinajstić information content (AvgIpc) is 3.09. The fourth-order valence-electron chi connectivity index (χ4n) is 4.40. The number of hydrogen-bond donors (Lipinski definition) is 2. The Kier molecular flexibility index (Phi) is 11.3. The van der Waals surface area contributed by atoms with Crippen molar-refractivity contribution in [2.24, 2.45) is 0 Å². The number of amidine groups is 1. The number of aromatic nitrogens is 2. The van der Waals surface area contributed by atoms with Gasteiger partial charge in [0.15, 0.2) is 0 Å². The minimum atomic E-state index is -0.786. The largest absolute Gasteiger partial charge is 0.444 e. The summed E-state index contributed by atoms with van der Waals surface area (Å²) in [5.74, 6) is -0.848. The third-order valence-electron chi connectivity index (χ3n) is 6.17. The minimum absolute atomic E-state index is 0. The molecule has 38 heavy (non-hydrogen) atoms. The van der Waals surface area contributed by atoms with Gasteiger partial charge in [-0.05, 0) is 77.3 Å². The van der Waals surface area contributed by atoms with Crippen molar-refractivity contribution in [1.29, 1.82) is 5.41 Å². The number of nitrogens with one attached hydrogen (secondary N) is 2. The summed E-state index contributed by atoms with van der Waals surface area (Å²) in [6.07, 6.45) is 7.49. The molecule has 9 heteroatoms. The number of allylic oxidation sites excluding steroid dienone is 2. The molecule has 2 heterocycles. The molecule has 3 aromatic rings. The van der Waals surface area contributed by atoms with Gasteiger partial charge in [0.2, 0.25) is 0 Å². The monoisotopic (exact) mass is 654 g/mol. The predicted octanol–water partition coefficient (Wildman–Crippen LogP) is 8.64. The lowest BCUT2D eigenvalue weighted by Gasteiger charge is -2.20. The number of ether oxygens (including phenoxy) is 1. The van der Waals surface area contributed by atoms with Gasteiger partial charge in [0.1, 0.15) is 17.3 Å². The summed E-state index contributed by atoms with van der Waals surface area (Å²) >= 11 is 6.54. The highest BCUT2D eigenvalue weighted by atomic mass is 127. The highest BCUT2D eigenvalue weighted by Gasteiger charge is 2.22. The molecule has 0 aliphatic rings. The quantitative estimate of drug-likeness (QED) is 0.110. The second kappa shape index (κ2) is 13.6. The first-order valence-corrected chi connectivity index (χ1v) is 13.0. The smallest absolute Gasteiger partial charge is 0.413 e. The maximum Gasteiger partial charge on any atom is 0.413 e. The van der Waals surface area contributed by atoms with Crippen molar-refractivity contribution < 1.29 is 13.9 Å². The fraction of sp³-hybridized carbons (Fsp3) is 0.414. The summed E-state index contributed by atoms with van der Waals surface area (Å²) in [5.41, 5.74) is 4.86. The van der Waals surface area contributed by atoms with E-state index in [1.54, 1.807) is 27.0 Å². The Labute approximate surface area is 246 Å². The molecule has 0 radical (unpaired) electrons. The molecule has 1 aromatic carbocycles. The van der Waals surface area contributed by atoms with Crippen LogP contribution in [0.3, 0.4) is 0 Å². The van der Waals surface area contributed by atoms with E-state index in [0.29, 0.717) is 5.56 Å². The van der Waals surface area contributed by atoms with Crippen LogP contribution in [0.25, 0.3) is 16.6 Å². The number of alkyl carbamates (subject to hydrolysis) is 1. The van der Waals surface area contributed by atoms with E-state index in [1.807, 2.05) is 30.5 Å². The van der Waals surface area contributed by atoms with Gasteiger partial charge < -0.3 is 9.30 Å². The SMILES string of the molecule is CC=C(CCCCC)c1c(C)n(Cc2c(F)cc(C(=N)NC(=O)OC(C)(C)C)cc2Cl)c2cccnc12.I. The second-order valence-corrected chi connectivity index (χ2v) is 10.5. The lowest BCUT2D eigenvalue weighted by molar-refractivity contribution is 0.0563. The molecule has 2 aromatic heterocycles. The molecule has 1 amide bonds. The molecular formula is C29H37ClFIN4O2. The maximum atomic E-state index is 15.4. The van der Waals surface area contributed by atoms with E-state index in [-0.39, 0.29) is 46.9 Å². The van der Waals surface area contributed by atoms with Crippen molar-refractivity contribution in [2.45, 2.75) is 79.4 Å². The van der Waals surface area contributed by atoms with E-state index < -0.39 is 17.5 Å². The number of unbranched alkanes of at least 4 members (excludes halogenated alkanes) is 2. The number of halogens is 3. The number of rotatable bonds is 8. The maximum absolute atomic E-state index is 15.4. The van der Waals surface area contributed by atoms with Crippen molar-refractivity contribution in [3.8, 4) is 0 Å². The van der Waals surface area contributed by atoms with Gasteiger partial charge in [-0.1, -0.05) is 37.4 Å². The Morgan fingerprint density at radius 1 is 1.29 bits per heavy atom. The molecule has 6 nitrogen and oxygen atoms in total. The molecule has 206 valence electrons. The Balaban J connectivity index is 0.00000507. The summed E-state index contributed by atoms with van der Waals surface area (Å²) in [6, 6.07) is 6.56. The van der Waals surface area contributed by atoms with Gasteiger partial charge in [-0.2, -0.15) is 0 Å². The van der Waals surface area contributed by atoms with Crippen LogP contribution in [0, 0.1) is 18.2 Å². The first kappa shape index (κ1) is 31.8. The Bertz CT molecular complexity index is 1320. The van der Waals surface area contributed by atoms with Crippen molar-refractivity contribution in [3.05, 3.63) is 69.8 Å². The highest BCUT2D eigenvalue weighted by Crippen LogP contribution is 2.34.